The zero-order valence-electron chi connectivity index (χ0n) is 21.9. The predicted octanol–water partition coefficient (Wildman–Crippen LogP) is 4.06. The van der Waals surface area contributed by atoms with E-state index in [4.69, 9.17) is 4.74 Å². The van der Waals surface area contributed by atoms with E-state index < -0.39 is 10.8 Å². The molecular formula is C29H29N7O4. The quantitative estimate of drug-likeness (QED) is 0.239. The van der Waals surface area contributed by atoms with Crippen molar-refractivity contribution < 1.29 is 14.5 Å². The van der Waals surface area contributed by atoms with E-state index >= 15 is 0 Å². The molecule has 40 heavy (non-hydrogen) atoms. The van der Waals surface area contributed by atoms with Gasteiger partial charge in [0.15, 0.2) is 0 Å². The van der Waals surface area contributed by atoms with Gasteiger partial charge in [-0.3, -0.25) is 30.7 Å². The number of hydrogen-bond acceptors (Lipinski definition) is 9. The fraction of sp³-hybridized carbons (Fsp3) is 0.207. The summed E-state index contributed by atoms with van der Waals surface area (Å²) in [5.41, 5.74) is 7.44. The van der Waals surface area contributed by atoms with Gasteiger partial charge in [-0.25, -0.2) is 9.97 Å². The summed E-state index contributed by atoms with van der Waals surface area (Å²) < 4.78 is 5.23. The third-order valence-electron chi connectivity index (χ3n) is 6.84. The van der Waals surface area contributed by atoms with Crippen LogP contribution in [0, 0.1) is 10.1 Å². The van der Waals surface area contributed by atoms with E-state index in [0.717, 1.165) is 0 Å². The SMILES string of the molecule is COc1ccccc1C(=O)NNc1ncnc(N2CCN(C(c3ccccc3)c3ccccc3)CC2)c1[N+](=O)[O-]. The zero-order chi connectivity index (χ0) is 27.9. The second kappa shape index (κ2) is 12.2. The van der Waals surface area contributed by atoms with Crippen molar-refractivity contribution in [3.63, 3.8) is 0 Å². The van der Waals surface area contributed by atoms with E-state index in [1.54, 1.807) is 24.3 Å². The Bertz CT molecular complexity index is 1420. The molecule has 0 atom stereocenters. The minimum Gasteiger partial charge on any atom is -0.496 e. The highest BCUT2D eigenvalue weighted by Gasteiger charge is 2.32. The number of amides is 1. The molecule has 1 aliphatic heterocycles. The van der Waals surface area contributed by atoms with Crippen molar-refractivity contribution in [3.8, 4) is 5.75 Å². The standard InChI is InChI=1S/C29H29N7O4/c1-40-24-15-9-8-14-23(24)29(37)33-32-27-26(36(38)39)28(31-20-30-27)35-18-16-34(17-19-35)25(21-10-4-2-5-11-21)22-12-6-3-7-13-22/h2-15,20,25H,16-19H2,1H3,(H,33,37)(H,30,31,32). The summed E-state index contributed by atoms with van der Waals surface area (Å²) in [6, 6.07) is 27.4. The first kappa shape index (κ1) is 26.6. The fourth-order valence-corrected chi connectivity index (χ4v) is 4.95. The van der Waals surface area contributed by atoms with Crippen LogP contribution in [0.15, 0.2) is 91.3 Å². The maximum Gasteiger partial charge on any atom is 0.355 e. The van der Waals surface area contributed by atoms with Gasteiger partial charge in [-0.05, 0) is 23.3 Å². The van der Waals surface area contributed by atoms with Crippen molar-refractivity contribution in [2.24, 2.45) is 0 Å². The van der Waals surface area contributed by atoms with Gasteiger partial charge in [-0.1, -0.05) is 72.8 Å². The Labute approximate surface area is 231 Å². The highest BCUT2D eigenvalue weighted by Crippen LogP contribution is 2.34. The number of piperazine rings is 1. The molecule has 11 heteroatoms. The fourth-order valence-electron chi connectivity index (χ4n) is 4.95. The van der Waals surface area contributed by atoms with E-state index in [1.807, 2.05) is 41.3 Å². The molecule has 2 heterocycles. The Balaban J connectivity index is 1.33. The van der Waals surface area contributed by atoms with E-state index in [2.05, 4.69) is 50.0 Å². The zero-order valence-corrected chi connectivity index (χ0v) is 21.9. The first-order valence-corrected chi connectivity index (χ1v) is 12.8. The summed E-state index contributed by atoms with van der Waals surface area (Å²) >= 11 is 0. The Morgan fingerprint density at radius 3 is 2.10 bits per heavy atom. The summed E-state index contributed by atoms with van der Waals surface area (Å²) in [7, 11) is 1.46. The monoisotopic (exact) mass is 539 g/mol. The molecule has 1 aromatic heterocycles. The highest BCUT2D eigenvalue weighted by atomic mass is 16.6. The molecule has 0 aliphatic carbocycles. The number of nitro groups is 1. The molecule has 0 spiro atoms. The van der Waals surface area contributed by atoms with E-state index in [9.17, 15) is 14.9 Å². The van der Waals surface area contributed by atoms with E-state index in [0.29, 0.717) is 31.9 Å². The maximum atomic E-state index is 12.7. The molecule has 1 saturated heterocycles. The summed E-state index contributed by atoms with van der Waals surface area (Å²) in [6.07, 6.45) is 1.25. The lowest BCUT2D eigenvalue weighted by Crippen LogP contribution is -2.48. The van der Waals surface area contributed by atoms with Crippen LogP contribution in [0.4, 0.5) is 17.3 Å². The van der Waals surface area contributed by atoms with Crippen LogP contribution in [0.25, 0.3) is 0 Å². The lowest BCUT2D eigenvalue weighted by molar-refractivity contribution is -0.383. The molecule has 5 rings (SSSR count). The Morgan fingerprint density at radius 1 is 0.900 bits per heavy atom. The number of anilines is 2. The van der Waals surface area contributed by atoms with Crippen molar-refractivity contribution in [1.82, 2.24) is 20.3 Å². The largest absolute Gasteiger partial charge is 0.496 e. The third-order valence-corrected chi connectivity index (χ3v) is 6.84. The van der Waals surface area contributed by atoms with Crippen LogP contribution < -0.4 is 20.5 Å². The van der Waals surface area contributed by atoms with Gasteiger partial charge in [0.05, 0.1) is 23.6 Å². The second-order valence-electron chi connectivity index (χ2n) is 9.18. The topological polar surface area (TPSA) is 126 Å². The number of hydrogen-bond donors (Lipinski definition) is 2. The lowest BCUT2D eigenvalue weighted by atomic mass is 9.96. The summed E-state index contributed by atoms with van der Waals surface area (Å²) in [5, 5.41) is 12.2. The second-order valence-corrected chi connectivity index (χ2v) is 9.18. The molecule has 0 unspecified atom stereocenters. The minimum atomic E-state index is -0.532. The van der Waals surface area contributed by atoms with Crippen molar-refractivity contribution in [3.05, 3.63) is 118 Å². The van der Waals surface area contributed by atoms with Crippen LogP contribution in [0.5, 0.6) is 5.75 Å². The van der Waals surface area contributed by atoms with E-state index in [-0.39, 0.29) is 28.9 Å². The van der Waals surface area contributed by atoms with Crippen molar-refractivity contribution in [2.45, 2.75) is 6.04 Å². The van der Waals surface area contributed by atoms with Crippen molar-refractivity contribution in [2.75, 3.05) is 43.6 Å². The average Bonchev–Trinajstić information content (AvgIpc) is 3.01. The summed E-state index contributed by atoms with van der Waals surface area (Å²) in [6.45, 7) is 2.40. The number of rotatable bonds is 9. The third kappa shape index (κ3) is 5.69. The first-order valence-electron chi connectivity index (χ1n) is 12.8. The molecule has 3 aromatic carbocycles. The number of carbonyl (C=O) groups excluding carboxylic acids is 1. The number of aromatic nitrogens is 2. The number of hydrazine groups is 1. The Morgan fingerprint density at radius 2 is 1.50 bits per heavy atom. The van der Waals surface area contributed by atoms with E-state index in [1.165, 1.54) is 24.6 Å². The summed E-state index contributed by atoms with van der Waals surface area (Å²) in [5.74, 6) is -0.0490. The highest BCUT2D eigenvalue weighted by molar-refractivity contribution is 5.97. The number of benzene rings is 3. The van der Waals surface area contributed by atoms with Gasteiger partial charge in [0.1, 0.15) is 12.1 Å². The van der Waals surface area contributed by atoms with Gasteiger partial charge in [0.2, 0.25) is 11.6 Å². The molecule has 0 radical (unpaired) electrons. The number of ether oxygens (including phenoxy) is 1. The smallest absolute Gasteiger partial charge is 0.355 e. The molecule has 4 aromatic rings. The van der Waals surface area contributed by atoms with Gasteiger partial charge in [-0.2, -0.15) is 0 Å². The van der Waals surface area contributed by atoms with Gasteiger partial charge in [0, 0.05) is 26.2 Å². The molecular weight excluding hydrogens is 510 g/mol. The van der Waals surface area contributed by atoms with Gasteiger partial charge in [-0.15, -0.1) is 0 Å². The maximum absolute atomic E-state index is 12.7. The lowest BCUT2D eigenvalue weighted by Gasteiger charge is -2.40. The molecule has 1 fully saturated rings. The van der Waals surface area contributed by atoms with Crippen LogP contribution in [-0.4, -0.2) is 59.0 Å². The number of nitrogens with zero attached hydrogens (tertiary/aromatic N) is 5. The molecule has 1 aliphatic rings. The Hall–Kier alpha value is -5.03. The minimum absolute atomic E-state index is 0.0624. The Kier molecular flexibility index (Phi) is 8.12. The van der Waals surface area contributed by atoms with Crippen LogP contribution in [0.1, 0.15) is 27.5 Å². The average molecular weight is 540 g/mol. The first-order chi connectivity index (χ1) is 19.6. The number of nitrogens with one attached hydrogen (secondary N) is 2. The normalized spacial score (nSPS) is 13.6. The van der Waals surface area contributed by atoms with Gasteiger partial charge >= 0.3 is 5.69 Å². The molecule has 2 N–H and O–H groups in total. The van der Waals surface area contributed by atoms with Gasteiger partial charge < -0.3 is 9.64 Å². The van der Waals surface area contributed by atoms with Crippen LogP contribution >= 0.6 is 0 Å². The molecule has 1 amide bonds. The molecule has 11 nitrogen and oxygen atoms in total. The molecule has 204 valence electrons. The molecule has 0 bridgehead atoms. The van der Waals surface area contributed by atoms with Crippen molar-refractivity contribution in [1.29, 1.82) is 0 Å². The van der Waals surface area contributed by atoms with Crippen LogP contribution in [-0.2, 0) is 0 Å². The number of carbonyl (C=O) groups is 1. The number of para-hydroxylation sites is 1. The van der Waals surface area contributed by atoms with Crippen LogP contribution in [0.2, 0.25) is 0 Å². The van der Waals surface area contributed by atoms with Crippen molar-refractivity contribution >= 4 is 23.2 Å². The predicted molar refractivity (Wildman–Crippen MR) is 151 cm³/mol. The van der Waals surface area contributed by atoms with Crippen LogP contribution in [0.3, 0.4) is 0 Å². The number of methoxy groups -OCH3 is 1. The van der Waals surface area contributed by atoms with Gasteiger partial charge in [0.25, 0.3) is 5.91 Å². The molecule has 0 saturated carbocycles. The summed E-state index contributed by atoms with van der Waals surface area (Å²) in [4.78, 5) is 36.9.